The molecule has 0 aliphatic heterocycles. The number of ether oxygens (including phenoxy) is 5. The molecule has 0 amide bonds. The third-order valence-corrected chi connectivity index (χ3v) is 43.7. The second kappa shape index (κ2) is 58.7. The molecule has 30 heteroatoms. The highest BCUT2D eigenvalue weighted by Gasteiger charge is 2.30. The summed E-state index contributed by atoms with van der Waals surface area (Å²) in [5.41, 5.74) is 9.77. The highest BCUT2D eigenvalue weighted by atomic mass is 32.1. The Balaban J connectivity index is 0.000000208. The zero-order valence-corrected chi connectivity index (χ0v) is 106. The number of methoxy groups -OCH3 is 5. The average Bonchev–Trinajstić information content (AvgIpc) is 0.777. The lowest BCUT2D eigenvalue weighted by Gasteiger charge is -2.26. The lowest BCUT2D eigenvalue weighted by Crippen LogP contribution is -2.47. The highest BCUT2D eigenvalue weighted by molar-refractivity contribution is 7.81. The van der Waals surface area contributed by atoms with Crippen molar-refractivity contribution in [1.29, 1.82) is 0 Å². The molecule has 0 fully saturated rings. The summed E-state index contributed by atoms with van der Waals surface area (Å²) < 4.78 is 26.0. The summed E-state index contributed by atoms with van der Waals surface area (Å²) in [6.45, 7) is 44.4. The normalized spacial score (nSPS) is 13.3. The van der Waals surface area contributed by atoms with Crippen molar-refractivity contribution in [2.24, 2.45) is 0 Å². The molecule has 14 aromatic rings. The molecule has 0 aromatic heterocycles. The summed E-state index contributed by atoms with van der Waals surface area (Å²) in [4.78, 5) is 0. The van der Waals surface area contributed by atoms with E-state index in [9.17, 15) is 35.7 Å². The third kappa shape index (κ3) is 36.6. The maximum Gasteiger partial charge on any atom is 0.165 e. The molecule has 778 valence electrons. The first-order valence-corrected chi connectivity index (χ1v) is 72.8. The van der Waals surface area contributed by atoms with Gasteiger partial charge in [0.05, 0.1) is 67.8 Å². The standard InChI is InChI=1S/C20H31OPSSi2.2C17H23OPSSi.C16H19O3PS.C16H19O2PS.2C15H17O2PS/c1-14(23)16-10-8-9-11-17(16)22-18-12-15(24(2,3)4)13-19(20(18)21)25(5,6)7;1-12(20)13-8-5-6-9-14(13)19-15-10-7-11-16(17(15)18)21(2,3)4;1-12(20)14-7-5-6-8-16(14)19-17-11-13(21(2,3)4)9-10-15(17)18;1-10(21)12-6-4-5-7-14(12)20-15-9-11(18-2)8-13(19-3)16(15)17;1-10-6-4-7-12(11(2)20)16(10)19-14-9-5-8-13(18-3)15(14)17;1-10(19)11-6-3-4-8-13(11)18-14-9-5-7-12(17-2)15(14)16;1-10(19)12-5-3-4-6-14(12)18-15-9-11(17-2)7-8-13(15)16/h8-14,21-23H,1-7H3;2*5-12,18-20H,1-4H3;4-10,17,20-21H,1-3H3;4-9,11,17,19-20H,1-3H3;2*3-10,16,18-19H,1-2H3. The largest absolute Gasteiger partial charge is 0.507 e. The van der Waals surface area contributed by atoms with Gasteiger partial charge in [0, 0.05) is 79.9 Å². The quantitative estimate of drug-likeness (QED) is 0.0116. The topological polar surface area (TPSA) is 188 Å². The van der Waals surface area contributed by atoms with E-state index in [-0.39, 0.29) is 54.0 Å². The van der Waals surface area contributed by atoms with E-state index in [4.69, 9.17) is 23.7 Å². The van der Waals surface area contributed by atoms with Gasteiger partial charge in [-0.3, -0.25) is 0 Å². The van der Waals surface area contributed by atoms with Crippen LogP contribution in [0.2, 0.25) is 78.6 Å². The minimum Gasteiger partial charge on any atom is -0.507 e. The summed E-state index contributed by atoms with van der Waals surface area (Å²) >= 11 is 31.9. The van der Waals surface area contributed by atoms with Gasteiger partial charge in [-0.1, -0.05) is 380 Å². The Labute approximate surface area is 925 Å². The molecular weight excluding hydrogens is 2140 g/mol. The van der Waals surface area contributed by atoms with E-state index >= 15 is 0 Å². The molecule has 0 saturated heterocycles. The van der Waals surface area contributed by atoms with Crippen molar-refractivity contribution in [3.05, 3.63) is 324 Å². The van der Waals surface area contributed by atoms with Gasteiger partial charge >= 0.3 is 0 Å². The summed E-state index contributed by atoms with van der Waals surface area (Å²) in [6, 6.07) is 92.9. The van der Waals surface area contributed by atoms with Crippen LogP contribution in [-0.2, 0) is 0 Å². The number of aryl methyl sites for hydroxylation is 1. The minimum absolute atomic E-state index is 0.142. The summed E-state index contributed by atoms with van der Waals surface area (Å²) in [5.74, 6) is 5.24. The Morgan fingerprint density at radius 1 is 0.219 bits per heavy atom. The van der Waals surface area contributed by atoms with E-state index in [1.165, 1.54) is 99.0 Å². The molecule has 0 aliphatic rings. The van der Waals surface area contributed by atoms with Crippen molar-refractivity contribution in [1.82, 2.24) is 0 Å². The van der Waals surface area contributed by atoms with E-state index in [1.54, 1.807) is 58.8 Å². The summed E-state index contributed by atoms with van der Waals surface area (Å²) in [6.07, 6.45) is 0. The van der Waals surface area contributed by atoms with Gasteiger partial charge in [0.2, 0.25) is 0 Å². The number of hydrogen-bond donors (Lipinski definition) is 14. The van der Waals surface area contributed by atoms with Gasteiger partial charge in [-0.15, -0.1) is 0 Å². The van der Waals surface area contributed by atoms with E-state index in [1.807, 2.05) is 104 Å². The van der Waals surface area contributed by atoms with Crippen molar-refractivity contribution in [2.45, 2.75) is 171 Å². The number of rotatable bonds is 30. The van der Waals surface area contributed by atoms with Gasteiger partial charge in [-0.05, 0) is 190 Å². The Hall–Kier alpha value is -6.99. The molecule has 0 radical (unpaired) electrons. The van der Waals surface area contributed by atoms with Gasteiger partial charge in [0.25, 0.3) is 0 Å². The van der Waals surface area contributed by atoms with Gasteiger partial charge in [0.15, 0.2) is 34.5 Å². The Bertz CT molecular complexity index is 6510. The second-order valence-electron chi connectivity index (χ2n) is 39.3. The van der Waals surface area contributed by atoms with E-state index in [0.29, 0.717) is 106 Å². The van der Waals surface area contributed by atoms with Crippen molar-refractivity contribution < 1.29 is 59.4 Å². The fourth-order valence-corrected chi connectivity index (χ4v) is 33.3. The van der Waals surface area contributed by atoms with E-state index in [0.717, 1.165) is 53.4 Å². The molecule has 0 spiro atoms. The van der Waals surface area contributed by atoms with Gasteiger partial charge in [0.1, 0.15) is 34.5 Å². The SMILES string of the molecule is CC(S)c1ccccc1Pc1cc([Si](C)(C)C)cc([Si](C)(C)C)c1O.CC(S)c1ccccc1Pc1cc([Si](C)(C)C)ccc1O.CC(S)c1ccccc1Pc1cccc([Si](C)(C)C)c1O.COc1cc(OC)c(O)c(Pc2ccccc2C(C)S)c1.COc1ccc(O)c(Pc2ccccc2C(C)S)c1.COc1cccc(Pc2c(C)cccc2C(C)S)c1O.COc1cccc(Pc2ccccc2C(C)S)c1O. The van der Waals surface area contributed by atoms with Crippen molar-refractivity contribution in [3.63, 3.8) is 0 Å². The monoisotopic (exact) mass is 2290 g/mol. The number of hydrogen-bond acceptors (Lipinski definition) is 19. The number of phenolic OH excluding ortho intramolecular Hbond substituents is 7. The molecule has 7 N–H and O–H groups in total. The Morgan fingerprint density at radius 2 is 0.493 bits per heavy atom. The molecule has 14 aromatic carbocycles. The van der Waals surface area contributed by atoms with Crippen LogP contribution in [0.3, 0.4) is 0 Å². The number of thiol groups is 7. The molecule has 0 saturated carbocycles. The molecule has 14 unspecified atom stereocenters. The molecule has 14 atom stereocenters. The van der Waals surface area contributed by atoms with E-state index < -0.39 is 32.3 Å². The smallest absolute Gasteiger partial charge is 0.165 e. The van der Waals surface area contributed by atoms with Crippen LogP contribution in [0.5, 0.6) is 69.0 Å². The van der Waals surface area contributed by atoms with Crippen LogP contribution in [0, 0.1) is 6.92 Å². The van der Waals surface area contributed by atoms with Crippen LogP contribution in [0.25, 0.3) is 0 Å². The van der Waals surface area contributed by atoms with Gasteiger partial charge in [-0.25, -0.2) is 0 Å². The highest BCUT2D eigenvalue weighted by Crippen LogP contribution is 2.39. The average molecular weight is 2290 g/mol. The predicted molar refractivity (Wildman–Crippen MR) is 686 cm³/mol. The fraction of sp³-hybridized carbons (Fsp3) is 0.276. The van der Waals surface area contributed by atoms with Crippen molar-refractivity contribution in [2.75, 3.05) is 35.5 Å². The maximum atomic E-state index is 11.0. The first-order valence-electron chi connectivity index (χ1n) is 48.2. The Morgan fingerprint density at radius 3 is 0.842 bits per heavy atom. The van der Waals surface area contributed by atoms with Crippen LogP contribution in [0.1, 0.15) is 130 Å². The first-order chi connectivity index (χ1) is 68.8. The summed E-state index contributed by atoms with van der Waals surface area (Å²) in [7, 11) is 4.81. The molecule has 12 nitrogen and oxygen atoms in total. The molecular formula is C116H149O12P7S7Si4. The molecule has 146 heavy (non-hydrogen) atoms. The molecule has 0 aliphatic carbocycles. The molecule has 0 heterocycles. The number of aromatic hydroxyl groups is 7. The minimum atomic E-state index is -1.61. The van der Waals surface area contributed by atoms with Crippen LogP contribution in [0.4, 0.5) is 0 Å². The second-order valence-corrected chi connectivity index (χ2v) is 74.3. The maximum absolute atomic E-state index is 11.0. The number of phenols is 7. The van der Waals surface area contributed by atoms with Gasteiger partial charge in [-0.2, -0.15) is 88.4 Å². The van der Waals surface area contributed by atoms with Crippen LogP contribution in [-0.4, -0.2) is 104 Å². The lowest BCUT2D eigenvalue weighted by molar-refractivity contribution is 0.366. The fourth-order valence-electron chi connectivity index (χ4n) is 15.4. The zero-order valence-electron chi connectivity index (χ0n) is 88.4. The number of para-hydroxylation sites is 3. The zero-order chi connectivity index (χ0) is 108. The van der Waals surface area contributed by atoms with Gasteiger partial charge < -0.3 is 59.4 Å². The van der Waals surface area contributed by atoms with E-state index in [2.05, 4.69) is 367 Å². The predicted octanol–water partition coefficient (Wildman–Crippen LogP) is 23.6. The van der Waals surface area contributed by atoms with Crippen LogP contribution < -0.4 is 119 Å². The Kier molecular flexibility index (Phi) is 50.0. The number of benzene rings is 14. The summed E-state index contributed by atoms with van der Waals surface area (Å²) in [5, 5.41) is 94.2. The van der Waals surface area contributed by atoms with Crippen molar-refractivity contribution in [3.8, 4) is 69.0 Å². The molecule has 14 rings (SSSR count). The van der Waals surface area contributed by atoms with Crippen molar-refractivity contribution >= 4 is 276 Å². The van der Waals surface area contributed by atoms with Crippen LogP contribution >= 0.6 is 148 Å². The lowest BCUT2D eigenvalue weighted by atomic mass is 10.1. The van der Waals surface area contributed by atoms with Crippen LogP contribution in [0.15, 0.2) is 279 Å². The first kappa shape index (κ1) is 124. The third-order valence-electron chi connectivity index (χ3n) is 23.7. The molecule has 0 bridgehead atoms.